The second-order valence-electron chi connectivity index (χ2n) is 5.09. The first-order valence-corrected chi connectivity index (χ1v) is 8.65. The number of halogens is 1. The normalized spacial score (nSPS) is 16.6. The summed E-state index contributed by atoms with van der Waals surface area (Å²) >= 11 is 8.04. The zero-order valence-corrected chi connectivity index (χ0v) is 13.4. The van der Waals surface area contributed by atoms with Crippen molar-refractivity contribution in [2.75, 3.05) is 31.1 Å². The van der Waals surface area contributed by atoms with Crippen molar-refractivity contribution in [3.8, 4) is 0 Å². The first-order valence-electron chi connectivity index (χ1n) is 7.12. The number of hydrogen-bond acceptors (Lipinski definition) is 2. The zero-order chi connectivity index (χ0) is 14.7. The van der Waals surface area contributed by atoms with Crippen molar-refractivity contribution in [2.24, 2.45) is 10.7 Å². The van der Waals surface area contributed by atoms with Gasteiger partial charge in [-0.3, -0.25) is 4.99 Å². The molecule has 1 fully saturated rings. The van der Waals surface area contributed by atoms with Gasteiger partial charge in [0.15, 0.2) is 5.96 Å². The number of guanidine groups is 1. The Labute approximate surface area is 133 Å². The van der Waals surface area contributed by atoms with Gasteiger partial charge in [-0.1, -0.05) is 11.6 Å². The molecule has 0 aliphatic carbocycles. The van der Waals surface area contributed by atoms with E-state index in [2.05, 4.69) is 14.9 Å². The molecule has 2 aromatic rings. The first-order chi connectivity index (χ1) is 10.2. The molecule has 1 saturated heterocycles. The lowest BCUT2D eigenvalue weighted by atomic mass is 10.1. The molecular formula is C15H19ClN4S. The van der Waals surface area contributed by atoms with Crippen LogP contribution < -0.4 is 5.73 Å². The Hall–Kier alpha value is -1.33. The minimum Gasteiger partial charge on any atom is -0.370 e. The maximum absolute atomic E-state index is 6.06. The number of nitrogens with two attached hydrogens (primary N) is 1. The Kier molecular flexibility index (Phi) is 4.60. The summed E-state index contributed by atoms with van der Waals surface area (Å²) < 4.78 is 0. The number of H-pyrrole nitrogens is 1. The number of nitrogens with one attached hydrogen (secondary N) is 1. The van der Waals surface area contributed by atoms with Gasteiger partial charge >= 0.3 is 0 Å². The summed E-state index contributed by atoms with van der Waals surface area (Å²) in [6.45, 7) is 2.71. The predicted molar refractivity (Wildman–Crippen MR) is 92.4 cm³/mol. The lowest BCUT2D eigenvalue weighted by Crippen LogP contribution is -2.42. The van der Waals surface area contributed by atoms with E-state index < -0.39 is 0 Å². The SMILES string of the molecule is NC(=NCCc1c[nH]c2ccc(Cl)cc12)N1CCSCC1. The minimum absolute atomic E-state index is 0.674. The van der Waals surface area contributed by atoms with Crippen LogP contribution in [0.4, 0.5) is 0 Å². The van der Waals surface area contributed by atoms with Crippen molar-refractivity contribution in [3.63, 3.8) is 0 Å². The van der Waals surface area contributed by atoms with Crippen LogP contribution in [0, 0.1) is 0 Å². The van der Waals surface area contributed by atoms with E-state index in [-0.39, 0.29) is 0 Å². The van der Waals surface area contributed by atoms with Crippen molar-refractivity contribution in [1.29, 1.82) is 0 Å². The highest BCUT2D eigenvalue weighted by atomic mass is 35.5. The predicted octanol–water partition coefficient (Wildman–Crippen LogP) is 2.73. The molecular weight excluding hydrogens is 304 g/mol. The first kappa shape index (κ1) is 14.6. The van der Waals surface area contributed by atoms with Gasteiger partial charge in [-0.25, -0.2) is 0 Å². The molecule has 0 spiro atoms. The molecule has 1 aromatic carbocycles. The summed E-state index contributed by atoms with van der Waals surface area (Å²) in [5, 5.41) is 1.93. The molecule has 1 aliphatic heterocycles. The monoisotopic (exact) mass is 322 g/mol. The van der Waals surface area contributed by atoms with E-state index in [1.807, 2.05) is 36.2 Å². The van der Waals surface area contributed by atoms with E-state index in [1.165, 1.54) is 10.9 Å². The van der Waals surface area contributed by atoms with Crippen LogP contribution in [-0.4, -0.2) is 47.0 Å². The third-order valence-electron chi connectivity index (χ3n) is 3.72. The molecule has 3 rings (SSSR count). The summed E-state index contributed by atoms with van der Waals surface area (Å²) in [5.74, 6) is 2.95. The van der Waals surface area contributed by atoms with Gasteiger partial charge in [-0.15, -0.1) is 0 Å². The van der Waals surface area contributed by atoms with Crippen molar-refractivity contribution >= 4 is 40.2 Å². The molecule has 21 heavy (non-hydrogen) atoms. The van der Waals surface area contributed by atoms with Crippen LogP contribution in [0.2, 0.25) is 5.02 Å². The number of aromatic nitrogens is 1. The molecule has 112 valence electrons. The topological polar surface area (TPSA) is 57.4 Å². The van der Waals surface area contributed by atoms with Crippen LogP contribution >= 0.6 is 23.4 Å². The lowest BCUT2D eigenvalue weighted by molar-refractivity contribution is 0.456. The van der Waals surface area contributed by atoms with E-state index in [0.717, 1.165) is 41.6 Å². The van der Waals surface area contributed by atoms with Gasteiger partial charge in [-0.2, -0.15) is 11.8 Å². The van der Waals surface area contributed by atoms with Gasteiger partial charge in [0.05, 0.1) is 0 Å². The molecule has 1 aliphatic rings. The summed E-state index contributed by atoms with van der Waals surface area (Å²) in [5.41, 5.74) is 8.41. The van der Waals surface area contributed by atoms with Crippen molar-refractivity contribution < 1.29 is 0 Å². The quantitative estimate of drug-likeness (QED) is 0.675. The van der Waals surface area contributed by atoms with Gasteiger partial charge in [0, 0.05) is 53.3 Å². The highest BCUT2D eigenvalue weighted by molar-refractivity contribution is 7.99. The number of aromatic amines is 1. The fraction of sp³-hybridized carbons (Fsp3) is 0.400. The molecule has 4 nitrogen and oxygen atoms in total. The van der Waals surface area contributed by atoms with E-state index in [9.17, 15) is 0 Å². The summed E-state index contributed by atoms with van der Waals surface area (Å²) in [6.07, 6.45) is 2.90. The Balaban J connectivity index is 1.64. The lowest BCUT2D eigenvalue weighted by Gasteiger charge is -2.27. The Morgan fingerprint density at radius 2 is 2.19 bits per heavy atom. The number of aliphatic imine (C=N–C) groups is 1. The van der Waals surface area contributed by atoms with Gasteiger partial charge in [0.2, 0.25) is 0 Å². The number of rotatable bonds is 3. The van der Waals surface area contributed by atoms with Crippen LogP contribution in [0.1, 0.15) is 5.56 Å². The van der Waals surface area contributed by atoms with E-state index in [4.69, 9.17) is 17.3 Å². The van der Waals surface area contributed by atoms with Crippen molar-refractivity contribution in [1.82, 2.24) is 9.88 Å². The highest BCUT2D eigenvalue weighted by Gasteiger charge is 2.12. The molecule has 0 radical (unpaired) electrons. The second kappa shape index (κ2) is 6.62. The molecule has 3 N–H and O–H groups in total. The maximum Gasteiger partial charge on any atom is 0.191 e. The van der Waals surface area contributed by atoms with E-state index >= 15 is 0 Å². The van der Waals surface area contributed by atoms with E-state index in [1.54, 1.807) is 0 Å². The van der Waals surface area contributed by atoms with Crippen molar-refractivity contribution in [3.05, 3.63) is 35.0 Å². The van der Waals surface area contributed by atoms with Crippen LogP contribution in [0.5, 0.6) is 0 Å². The summed E-state index contributed by atoms with van der Waals surface area (Å²) in [4.78, 5) is 9.95. The molecule has 0 atom stereocenters. The number of fused-ring (bicyclic) bond motifs is 1. The Bertz CT molecular complexity index is 646. The zero-order valence-electron chi connectivity index (χ0n) is 11.8. The number of benzene rings is 1. The summed E-state index contributed by atoms with van der Waals surface area (Å²) in [6, 6.07) is 5.90. The van der Waals surface area contributed by atoms with Crippen LogP contribution in [0.3, 0.4) is 0 Å². The molecule has 0 bridgehead atoms. The van der Waals surface area contributed by atoms with Crippen LogP contribution in [0.15, 0.2) is 29.4 Å². The number of thioether (sulfide) groups is 1. The molecule has 1 aromatic heterocycles. The fourth-order valence-electron chi connectivity index (χ4n) is 2.54. The van der Waals surface area contributed by atoms with Gasteiger partial charge in [0.1, 0.15) is 0 Å². The van der Waals surface area contributed by atoms with Crippen LogP contribution in [-0.2, 0) is 6.42 Å². The van der Waals surface area contributed by atoms with Gasteiger partial charge < -0.3 is 15.6 Å². The largest absolute Gasteiger partial charge is 0.370 e. The average Bonchev–Trinajstić information content (AvgIpc) is 2.90. The fourth-order valence-corrected chi connectivity index (χ4v) is 3.62. The van der Waals surface area contributed by atoms with Gasteiger partial charge in [0.25, 0.3) is 0 Å². The molecule has 0 amide bonds. The van der Waals surface area contributed by atoms with Crippen LogP contribution in [0.25, 0.3) is 10.9 Å². The van der Waals surface area contributed by atoms with E-state index in [0.29, 0.717) is 12.5 Å². The minimum atomic E-state index is 0.674. The third kappa shape index (κ3) is 3.47. The Morgan fingerprint density at radius 3 is 3.00 bits per heavy atom. The standard InChI is InChI=1S/C15H19ClN4S/c16-12-1-2-14-13(9-12)11(10-19-14)3-4-18-15(17)20-5-7-21-8-6-20/h1-2,9-10,19H,3-8H2,(H2,17,18). The highest BCUT2D eigenvalue weighted by Crippen LogP contribution is 2.22. The molecule has 0 saturated carbocycles. The second-order valence-corrected chi connectivity index (χ2v) is 6.75. The molecule has 0 unspecified atom stereocenters. The maximum atomic E-state index is 6.06. The van der Waals surface area contributed by atoms with Crippen molar-refractivity contribution in [2.45, 2.75) is 6.42 Å². The average molecular weight is 323 g/mol. The molecule has 2 heterocycles. The smallest absolute Gasteiger partial charge is 0.191 e. The Morgan fingerprint density at radius 1 is 1.38 bits per heavy atom. The summed E-state index contributed by atoms with van der Waals surface area (Å²) in [7, 11) is 0. The number of hydrogen-bond donors (Lipinski definition) is 2. The number of nitrogens with zero attached hydrogens (tertiary/aromatic N) is 2. The van der Waals surface area contributed by atoms with Gasteiger partial charge in [-0.05, 0) is 30.2 Å². The molecule has 6 heteroatoms. The third-order valence-corrected chi connectivity index (χ3v) is 4.90.